The summed E-state index contributed by atoms with van der Waals surface area (Å²) in [6.45, 7) is 0. The van der Waals surface area contributed by atoms with Crippen LogP contribution in [0.5, 0.6) is 0 Å². The first-order chi connectivity index (χ1) is 71.3. The molecule has 0 radical (unpaired) electrons. The average Bonchev–Trinajstić information content (AvgIpc) is 0.794. The molecule has 144 heavy (non-hydrogen) atoms. The molecule has 24 aromatic rings. The van der Waals surface area contributed by atoms with Gasteiger partial charge in [-0.15, -0.1) is 0 Å². The van der Waals surface area contributed by atoms with Crippen LogP contribution < -0.4 is 0 Å². The molecule has 0 amide bonds. The van der Waals surface area contributed by atoms with E-state index in [4.69, 9.17) is 89.7 Å². The molecule has 24 rings (SSSR count). The van der Waals surface area contributed by atoms with Gasteiger partial charge in [0.1, 0.15) is 0 Å². The largest absolute Gasteiger partial charge is 0.255 e. The zero-order chi connectivity index (χ0) is 96.4. The molecule has 0 unspecified atom stereocenters. The molecule has 0 N–H and O–H groups in total. The van der Waals surface area contributed by atoms with Crippen LogP contribution in [0.2, 0.25) is 0 Å². The zero-order valence-corrected chi connectivity index (χ0v) is 77.5. The fourth-order valence-corrected chi connectivity index (χ4v) is 16.7. The molecule has 0 spiro atoms. The third kappa shape index (κ3) is 21.0. The van der Waals surface area contributed by atoms with E-state index < -0.39 is 0 Å². The number of pyridine rings is 9. The molecule has 0 fully saturated rings. The van der Waals surface area contributed by atoms with Gasteiger partial charge in [0.25, 0.3) is 0 Å². The van der Waals surface area contributed by atoms with Gasteiger partial charge in [-0.1, -0.05) is 376 Å². The number of hydrogen-bond donors (Lipinski definition) is 0. The molecule has 12 aromatic carbocycles. The maximum atomic E-state index is 5.08. The summed E-state index contributed by atoms with van der Waals surface area (Å²) < 4.78 is 0. The Morgan fingerprint density at radius 2 is 0.285 bits per heavy atom. The van der Waals surface area contributed by atoms with Crippen LogP contribution in [0.15, 0.2) is 510 Å². The fraction of sp³-hybridized carbons (Fsp3) is 0. The van der Waals surface area contributed by atoms with Crippen LogP contribution in [0.25, 0.3) is 238 Å². The van der Waals surface area contributed by atoms with E-state index in [1.807, 2.05) is 370 Å². The summed E-state index contributed by atoms with van der Waals surface area (Å²) in [7, 11) is 0. The summed E-state index contributed by atoms with van der Waals surface area (Å²) >= 11 is 0. The highest BCUT2D eigenvalue weighted by Gasteiger charge is 2.22. The number of rotatable bonds is 21. The summed E-state index contributed by atoms with van der Waals surface area (Å²) in [5.74, 6) is 5.30. The lowest BCUT2D eigenvalue weighted by Gasteiger charge is -2.11. The van der Waals surface area contributed by atoms with Crippen molar-refractivity contribution in [2.24, 2.45) is 0 Å². The molecule has 0 aliphatic carbocycles. The maximum Gasteiger partial charge on any atom is 0.165 e. The average molecular weight is 1850 g/mol. The lowest BCUT2D eigenvalue weighted by Crippen LogP contribution is -2.00. The standard InChI is InChI=1S/3C42H28N6/c1-5-14-29(15-6-1)34-26-38(45-39(27-34)37-23-13-22-35(44-37)30-16-7-2-8-17-30)36-25-24-33(28-43-36)42-47-40(31-18-9-3-10-19-31)46-41(48-42)32-20-11-4-12-21-32;1-5-13-29(14-6-1)33-21-23-36(43-27-33)38-25-35(30-15-7-2-8-16-30)26-39(45-38)37-24-22-34(28-44-37)42-47-40(31-17-9-3-10-18-31)46-41(48-42)32-19-11-4-12-20-32;1-5-13-29(14-6-1)33-23-24-43-37(25-33)39-27-35(30-15-7-2-8-16-30)26-38(45-39)36-22-21-34(28-44-36)42-47-40(31-17-9-3-10-18-31)46-41(48-42)32-19-11-4-12-20-32/h3*1-28H. The lowest BCUT2D eigenvalue weighted by atomic mass is 10.0. The van der Waals surface area contributed by atoms with Crippen LogP contribution in [0, 0.1) is 0 Å². The fourth-order valence-electron chi connectivity index (χ4n) is 16.7. The molecule has 0 saturated heterocycles. The first kappa shape index (κ1) is 89.2. The Morgan fingerprint density at radius 3 is 0.542 bits per heavy atom. The summed E-state index contributed by atoms with van der Waals surface area (Å²) in [6, 6.07) is 160. The van der Waals surface area contributed by atoms with E-state index in [1.165, 1.54) is 0 Å². The molecule has 0 aliphatic rings. The van der Waals surface area contributed by atoms with Crippen LogP contribution in [-0.4, -0.2) is 89.7 Å². The van der Waals surface area contributed by atoms with Crippen LogP contribution in [0.1, 0.15) is 0 Å². The van der Waals surface area contributed by atoms with Crippen LogP contribution in [0.4, 0.5) is 0 Å². The molecular weight excluding hydrogens is 1770 g/mol. The number of nitrogens with zero attached hydrogens (tertiary/aromatic N) is 18. The number of aromatic nitrogens is 18. The van der Waals surface area contributed by atoms with E-state index in [9.17, 15) is 0 Å². The van der Waals surface area contributed by atoms with Crippen molar-refractivity contribution in [3.8, 4) is 238 Å². The highest BCUT2D eigenvalue weighted by Crippen LogP contribution is 2.39. The van der Waals surface area contributed by atoms with Gasteiger partial charge >= 0.3 is 0 Å². The zero-order valence-electron chi connectivity index (χ0n) is 77.5. The Bertz CT molecular complexity index is 8000. The molecule has 0 bridgehead atoms. The first-order valence-electron chi connectivity index (χ1n) is 47.1. The van der Waals surface area contributed by atoms with Gasteiger partial charge in [-0.05, 0) is 153 Å². The van der Waals surface area contributed by atoms with Crippen LogP contribution >= 0.6 is 0 Å². The molecule has 18 nitrogen and oxygen atoms in total. The maximum absolute atomic E-state index is 5.08. The summed E-state index contributed by atoms with van der Waals surface area (Å²) in [6.07, 6.45) is 9.15. The van der Waals surface area contributed by atoms with Crippen molar-refractivity contribution in [1.82, 2.24) is 89.7 Å². The van der Waals surface area contributed by atoms with Crippen molar-refractivity contribution in [1.29, 1.82) is 0 Å². The Kier molecular flexibility index (Phi) is 26.2. The Balaban J connectivity index is 0.000000123. The molecule has 12 heterocycles. The van der Waals surface area contributed by atoms with E-state index in [0.717, 1.165) is 185 Å². The highest BCUT2D eigenvalue weighted by molar-refractivity contribution is 5.82. The smallest absolute Gasteiger partial charge is 0.165 e. The summed E-state index contributed by atoms with van der Waals surface area (Å²) in [5.41, 5.74) is 29.7. The second-order valence-corrected chi connectivity index (χ2v) is 33.8. The van der Waals surface area contributed by atoms with Crippen molar-refractivity contribution >= 4 is 0 Å². The van der Waals surface area contributed by atoms with Gasteiger partial charge < -0.3 is 0 Å². The SMILES string of the molecule is c1ccc(-c2cc(-c3ccc(-c4nc(-c5ccccc5)nc(-c5ccccc5)n4)cn3)nc(-c3cccc(-c4ccccc4)n3)c2)cc1.c1ccc(-c2ccc(-c3cc(-c4ccccc4)cc(-c4ccc(-c5nc(-c6ccccc6)nc(-c6ccccc6)n5)cn4)n3)nc2)cc1.c1ccc(-c2ccnc(-c3cc(-c4ccccc4)cc(-c4ccc(-c5nc(-c6ccccc6)nc(-c6ccccc6)n5)cn4)n3)c2)cc1. The third-order valence-electron chi connectivity index (χ3n) is 24.1. The minimum Gasteiger partial charge on any atom is -0.255 e. The van der Waals surface area contributed by atoms with Crippen LogP contribution in [-0.2, 0) is 0 Å². The normalized spacial score (nSPS) is 10.9. The predicted octanol–water partition coefficient (Wildman–Crippen LogP) is 29.2. The second-order valence-electron chi connectivity index (χ2n) is 33.8. The van der Waals surface area contributed by atoms with Crippen molar-refractivity contribution in [2.75, 3.05) is 0 Å². The molecule has 678 valence electrons. The molecule has 0 atom stereocenters. The summed E-state index contributed by atoms with van der Waals surface area (Å²) in [4.78, 5) is 87.9. The summed E-state index contributed by atoms with van der Waals surface area (Å²) in [5, 5.41) is 0. The van der Waals surface area contributed by atoms with Gasteiger partial charge in [0.15, 0.2) is 52.4 Å². The van der Waals surface area contributed by atoms with Crippen LogP contribution in [0.3, 0.4) is 0 Å². The molecule has 0 saturated carbocycles. The van der Waals surface area contributed by atoms with Gasteiger partial charge in [-0.3, -0.25) is 24.9 Å². The van der Waals surface area contributed by atoms with Crippen molar-refractivity contribution < 1.29 is 0 Å². The quantitative estimate of drug-likeness (QED) is 0.0650. The van der Waals surface area contributed by atoms with Gasteiger partial charge in [-0.2, -0.15) is 0 Å². The predicted molar refractivity (Wildman–Crippen MR) is 574 cm³/mol. The van der Waals surface area contributed by atoms with Crippen molar-refractivity contribution in [3.05, 3.63) is 510 Å². The number of benzene rings is 12. The van der Waals surface area contributed by atoms with Gasteiger partial charge in [0, 0.05) is 92.2 Å². The monoisotopic (exact) mass is 1850 g/mol. The molecule has 18 heteroatoms. The Hall–Kier alpha value is -20.0. The van der Waals surface area contributed by atoms with Crippen molar-refractivity contribution in [2.45, 2.75) is 0 Å². The molecule has 12 aromatic heterocycles. The Labute approximate surface area is 832 Å². The molecule has 0 aliphatic heterocycles. The van der Waals surface area contributed by atoms with E-state index in [2.05, 4.69) is 121 Å². The molecular formula is C126H84N18. The van der Waals surface area contributed by atoms with Gasteiger partial charge in [-0.25, -0.2) is 64.8 Å². The van der Waals surface area contributed by atoms with Gasteiger partial charge in [0.2, 0.25) is 0 Å². The van der Waals surface area contributed by atoms with Crippen molar-refractivity contribution in [3.63, 3.8) is 0 Å². The topological polar surface area (TPSA) is 232 Å². The minimum atomic E-state index is 0.551. The lowest BCUT2D eigenvalue weighted by molar-refractivity contribution is 1.07. The number of hydrogen-bond acceptors (Lipinski definition) is 18. The highest BCUT2D eigenvalue weighted by atomic mass is 15.1. The van der Waals surface area contributed by atoms with E-state index >= 15 is 0 Å². The first-order valence-corrected chi connectivity index (χ1v) is 47.1. The van der Waals surface area contributed by atoms with Gasteiger partial charge in [0.05, 0.1) is 74.0 Å². The van der Waals surface area contributed by atoms with E-state index in [0.29, 0.717) is 52.4 Å². The second kappa shape index (κ2) is 42.3. The van der Waals surface area contributed by atoms with E-state index in [-0.39, 0.29) is 0 Å². The Morgan fingerprint density at radius 1 is 0.0903 bits per heavy atom. The third-order valence-corrected chi connectivity index (χ3v) is 24.1. The minimum absolute atomic E-state index is 0.551. The van der Waals surface area contributed by atoms with E-state index in [1.54, 1.807) is 18.6 Å².